The van der Waals surface area contributed by atoms with E-state index >= 15 is 0 Å². The molecular formula is C32H35N5O6. The number of para-hydroxylation sites is 1. The highest BCUT2D eigenvalue weighted by atomic mass is 16.4. The van der Waals surface area contributed by atoms with Gasteiger partial charge in [-0.3, -0.25) is 14.4 Å². The summed E-state index contributed by atoms with van der Waals surface area (Å²) >= 11 is 0. The first kappa shape index (κ1) is 30.9. The second-order valence-electron chi connectivity index (χ2n) is 10.3. The number of nitrogens with one attached hydrogen (secondary N) is 4. The van der Waals surface area contributed by atoms with E-state index in [0.717, 1.165) is 22.0 Å². The van der Waals surface area contributed by atoms with E-state index in [0.29, 0.717) is 5.56 Å². The van der Waals surface area contributed by atoms with E-state index in [9.17, 15) is 29.4 Å². The Morgan fingerprint density at radius 2 is 1.19 bits per heavy atom. The molecule has 4 aromatic rings. The molecule has 11 heteroatoms. The molecule has 0 radical (unpaired) electrons. The van der Waals surface area contributed by atoms with Crippen molar-refractivity contribution in [2.24, 2.45) is 5.73 Å². The van der Waals surface area contributed by atoms with E-state index in [1.54, 1.807) is 60.8 Å². The van der Waals surface area contributed by atoms with Crippen LogP contribution in [0.5, 0.6) is 0 Å². The summed E-state index contributed by atoms with van der Waals surface area (Å²) in [5.41, 5.74) is 9.44. The van der Waals surface area contributed by atoms with Gasteiger partial charge in [0.15, 0.2) is 0 Å². The molecule has 224 valence electrons. The number of carbonyl (C=O) groups excluding carboxylic acids is 3. The van der Waals surface area contributed by atoms with E-state index in [4.69, 9.17) is 5.73 Å². The molecule has 0 aliphatic rings. The van der Waals surface area contributed by atoms with Gasteiger partial charge >= 0.3 is 5.97 Å². The van der Waals surface area contributed by atoms with Crippen molar-refractivity contribution in [1.29, 1.82) is 0 Å². The van der Waals surface area contributed by atoms with Crippen LogP contribution in [-0.4, -0.2) is 69.7 Å². The molecule has 0 aliphatic carbocycles. The quantitative estimate of drug-likeness (QED) is 0.115. The number of nitrogens with two attached hydrogens (primary N) is 1. The lowest BCUT2D eigenvalue weighted by Crippen LogP contribution is -2.58. The number of fused-ring (bicyclic) bond motifs is 1. The van der Waals surface area contributed by atoms with Gasteiger partial charge in [-0.25, -0.2) is 4.79 Å². The Labute approximate surface area is 248 Å². The van der Waals surface area contributed by atoms with E-state index in [2.05, 4.69) is 20.9 Å². The highest BCUT2D eigenvalue weighted by Crippen LogP contribution is 2.19. The predicted molar refractivity (Wildman–Crippen MR) is 161 cm³/mol. The van der Waals surface area contributed by atoms with Crippen LogP contribution in [0.1, 0.15) is 16.7 Å². The number of hydrogen-bond donors (Lipinski definition) is 7. The van der Waals surface area contributed by atoms with Gasteiger partial charge in [0, 0.05) is 29.9 Å². The number of aromatic amines is 1. The van der Waals surface area contributed by atoms with Crippen LogP contribution in [0, 0.1) is 0 Å². The number of carboxylic acid groups (broad SMARTS) is 1. The lowest BCUT2D eigenvalue weighted by atomic mass is 10.0. The van der Waals surface area contributed by atoms with Gasteiger partial charge in [-0.15, -0.1) is 0 Å². The van der Waals surface area contributed by atoms with Crippen molar-refractivity contribution in [2.75, 3.05) is 6.61 Å². The molecule has 0 spiro atoms. The van der Waals surface area contributed by atoms with Crippen LogP contribution < -0.4 is 21.7 Å². The number of hydrogen-bond acceptors (Lipinski definition) is 6. The molecule has 3 aromatic carbocycles. The van der Waals surface area contributed by atoms with Crippen LogP contribution in [0.2, 0.25) is 0 Å². The number of carbonyl (C=O) groups is 4. The van der Waals surface area contributed by atoms with E-state index in [1.165, 1.54) is 0 Å². The largest absolute Gasteiger partial charge is 0.480 e. The van der Waals surface area contributed by atoms with Crippen LogP contribution in [0.15, 0.2) is 91.1 Å². The Morgan fingerprint density at radius 1 is 0.674 bits per heavy atom. The number of rotatable bonds is 14. The average molecular weight is 586 g/mol. The fraction of sp³-hybridized carbons (Fsp3) is 0.250. The minimum atomic E-state index is -1.46. The van der Waals surface area contributed by atoms with Crippen LogP contribution in [0.3, 0.4) is 0 Å². The molecule has 43 heavy (non-hydrogen) atoms. The normalized spacial score (nSPS) is 13.8. The standard InChI is InChI=1S/C32H35N5O6/c33-24(17-22-18-34-25-14-8-7-13-23(22)25)29(39)35-26(15-20-9-3-1-4-10-20)30(40)37-28(19-38)31(41)36-27(32(42)43)16-21-11-5-2-6-12-21/h1-14,18,24,26-28,34,38H,15-17,19,33H2,(H,35,39)(H,36,41)(H,37,40)(H,42,43). The Morgan fingerprint density at radius 3 is 1.79 bits per heavy atom. The van der Waals surface area contributed by atoms with Crippen LogP contribution >= 0.6 is 0 Å². The molecule has 3 amide bonds. The third-order valence-corrected chi connectivity index (χ3v) is 7.08. The van der Waals surface area contributed by atoms with Gasteiger partial charge in [0.05, 0.1) is 12.6 Å². The maximum atomic E-state index is 13.4. The SMILES string of the molecule is NC(Cc1c[nH]c2ccccc12)C(=O)NC(Cc1ccccc1)C(=O)NC(CO)C(=O)NC(Cc1ccccc1)C(=O)O. The molecular weight excluding hydrogens is 550 g/mol. The molecule has 0 saturated heterocycles. The van der Waals surface area contributed by atoms with Crippen molar-refractivity contribution in [3.8, 4) is 0 Å². The summed E-state index contributed by atoms with van der Waals surface area (Å²) in [6, 6.07) is 20.5. The smallest absolute Gasteiger partial charge is 0.326 e. The van der Waals surface area contributed by atoms with E-state index in [1.807, 2.05) is 30.3 Å². The molecule has 4 atom stereocenters. The number of benzene rings is 3. The van der Waals surface area contributed by atoms with Crippen molar-refractivity contribution in [3.63, 3.8) is 0 Å². The second kappa shape index (κ2) is 14.8. The summed E-state index contributed by atoms with van der Waals surface area (Å²) in [7, 11) is 0. The Bertz CT molecular complexity index is 1540. The van der Waals surface area contributed by atoms with Gasteiger partial charge in [0.1, 0.15) is 18.1 Å². The van der Waals surface area contributed by atoms with Crippen molar-refractivity contribution in [1.82, 2.24) is 20.9 Å². The summed E-state index contributed by atoms with van der Waals surface area (Å²) in [5.74, 6) is -3.44. The van der Waals surface area contributed by atoms with Crippen LogP contribution in [0.4, 0.5) is 0 Å². The molecule has 1 aromatic heterocycles. The van der Waals surface area contributed by atoms with Gasteiger partial charge in [0.25, 0.3) is 0 Å². The summed E-state index contributed by atoms with van der Waals surface area (Å²) in [4.78, 5) is 54.5. The molecule has 1 heterocycles. The zero-order valence-electron chi connectivity index (χ0n) is 23.4. The molecule has 0 fully saturated rings. The minimum absolute atomic E-state index is 0.00894. The van der Waals surface area contributed by atoms with Gasteiger partial charge < -0.3 is 36.9 Å². The van der Waals surface area contributed by atoms with Crippen LogP contribution in [0.25, 0.3) is 10.9 Å². The van der Waals surface area contributed by atoms with Gasteiger partial charge in [0.2, 0.25) is 17.7 Å². The second-order valence-corrected chi connectivity index (χ2v) is 10.3. The molecule has 0 saturated carbocycles. The predicted octanol–water partition coefficient (Wildman–Crippen LogP) is 1.05. The van der Waals surface area contributed by atoms with Gasteiger partial charge in [-0.2, -0.15) is 0 Å². The van der Waals surface area contributed by atoms with Gasteiger partial charge in [-0.05, 0) is 29.2 Å². The molecule has 4 rings (SSSR count). The fourth-order valence-electron chi connectivity index (χ4n) is 4.76. The monoisotopic (exact) mass is 585 g/mol. The van der Waals surface area contributed by atoms with Crippen molar-refractivity contribution in [3.05, 3.63) is 108 Å². The first-order valence-electron chi connectivity index (χ1n) is 13.9. The van der Waals surface area contributed by atoms with Crippen molar-refractivity contribution < 1.29 is 29.4 Å². The Hall–Kier alpha value is -5.00. The summed E-state index contributed by atoms with van der Waals surface area (Å²) in [6.07, 6.45) is 2.10. The Kier molecular flexibility index (Phi) is 10.6. The number of aromatic nitrogens is 1. The maximum absolute atomic E-state index is 13.4. The number of amides is 3. The zero-order valence-corrected chi connectivity index (χ0v) is 23.4. The summed E-state index contributed by atoms with van der Waals surface area (Å²) < 4.78 is 0. The minimum Gasteiger partial charge on any atom is -0.480 e. The summed E-state index contributed by atoms with van der Waals surface area (Å²) in [6.45, 7) is -0.790. The number of carboxylic acids is 1. The lowest BCUT2D eigenvalue weighted by Gasteiger charge is -2.24. The van der Waals surface area contributed by atoms with Gasteiger partial charge in [-0.1, -0.05) is 78.9 Å². The van der Waals surface area contributed by atoms with Crippen molar-refractivity contribution >= 4 is 34.6 Å². The highest BCUT2D eigenvalue weighted by Gasteiger charge is 2.30. The lowest BCUT2D eigenvalue weighted by molar-refractivity contribution is -0.142. The first-order chi connectivity index (χ1) is 20.7. The molecule has 8 N–H and O–H groups in total. The molecule has 0 bridgehead atoms. The number of aliphatic hydroxyl groups is 1. The number of aliphatic hydroxyl groups excluding tert-OH is 1. The topological polar surface area (TPSA) is 187 Å². The maximum Gasteiger partial charge on any atom is 0.326 e. The average Bonchev–Trinajstić information content (AvgIpc) is 3.42. The third kappa shape index (κ3) is 8.51. The summed E-state index contributed by atoms with van der Waals surface area (Å²) in [5, 5.41) is 28.0. The van der Waals surface area contributed by atoms with E-state index in [-0.39, 0.29) is 19.3 Å². The highest BCUT2D eigenvalue weighted by molar-refractivity contribution is 5.94. The zero-order chi connectivity index (χ0) is 30.8. The third-order valence-electron chi connectivity index (χ3n) is 7.08. The molecule has 11 nitrogen and oxygen atoms in total. The molecule has 4 unspecified atom stereocenters. The van der Waals surface area contributed by atoms with Crippen molar-refractivity contribution in [2.45, 2.75) is 43.4 Å². The molecule has 0 aliphatic heterocycles. The van der Waals surface area contributed by atoms with E-state index < -0.39 is 54.5 Å². The number of H-pyrrole nitrogens is 1. The Balaban J connectivity index is 1.44. The fourth-order valence-corrected chi connectivity index (χ4v) is 4.76. The number of aliphatic carboxylic acids is 1. The first-order valence-corrected chi connectivity index (χ1v) is 13.9. The van der Waals surface area contributed by atoms with Crippen LogP contribution in [-0.2, 0) is 38.4 Å².